The SMILES string of the molecule is CCN1CCc2ccc(NC(=O)CCN3C(=O)c4ccc(C)cc4C3=O)cc21. The van der Waals surface area contributed by atoms with Crippen molar-refractivity contribution in [1.29, 1.82) is 0 Å². The number of nitrogens with zero attached hydrogens (tertiary/aromatic N) is 2. The first-order valence-electron chi connectivity index (χ1n) is 9.62. The molecule has 2 aromatic carbocycles. The van der Waals surface area contributed by atoms with Crippen LogP contribution in [-0.2, 0) is 11.2 Å². The Kier molecular flexibility index (Phi) is 4.63. The molecule has 0 spiro atoms. The van der Waals surface area contributed by atoms with Crippen molar-refractivity contribution >= 4 is 29.1 Å². The molecule has 0 aromatic heterocycles. The van der Waals surface area contributed by atoms with Gasteiger partial charge in [0.25, 0.3) is 11.8 Å². The number of fused-ring (bicyclic) bond motifs is 2. The van der Waals surface area contributed by atoms with E-state index < -0.39 is 0 Å². The molecule has 2 aliphatic rings. The number of hydrogen-bond donors (Lipinski definition) is 1. The van der Waals surface area contributed by atoms with Gasteiger partial charge in [0, 0.05) is 37.4 Å². The molecule has 0 bridgehead atoms. The highest BCUT2D eigenvalue weighted by Crippen LogP contribution is 2.30. The average Bonchev–Trinajstić information content (AvgIpc) is 3.19. The Morgan fingerprint density at radius 1 is 1.07 bits per heavy atom. The minimum Gasteiger partial charge on any atom is -0.371 e. The summed E-state index contributed by atoms with van der Waals surface area (Å²) < 4.78 is 0. The zero-order valence-electron chi connectivity index (χ0n) is 16.1. The number of rotatable bonds is 5. The third kappa shape index (κ3) is 3.15. The molecule has 0 saturated heterocycles. The van der Waals surface area contributed by atoms with E-state index in [0.29, 0.717) is 11.1 Å². The van der Waals surface area contributed by atoms with Crippen LogP contribution in [0.1, 0.15) is 45.2 Å². The molecule has 3 amide bonds. The fourth-order valence-electron chi connectivity index (χ4n) is 3.90. The van der Waals surface area contributed by atoms with Gasteiger partial charge in [-0.2, -0.15) is 0 Å². The third-order valence-corrected chi connectivity index (χ3v) is 5.43. The van der Waals surface area contributed by atoms with Crippen molar-refractivity contribution in [2.45, 2.75) is 26.7 Å². The molecule has 0 aliphatic carbocycles. The van der Waals surface area contributed by atoms with E-state index in [9.17, 15) is 14.4 Å². The van der Waals surface area contributed by atoms with Crippen LogP contribution in [0.2, 0.25) is 0 Å². The standard InChI is InChI=1S/C22H23N3O3/c1-3-24-10-8-15-5-6-16(13-19(15)24)23-20(26)9-11-25-21(27)17-7-4-14(2)12-18(17)22(25)28/h4-7,12-13H,3,8-11H2,1-2H3,(H,23,26). The van der Waals surface area contributed by atoms with Crippen LogP contribution in [0.5, 0.6) is 0 Å². The molecule has 2 aromatic rings. The molecule has 4 rings (SSSR count). The van der Waals surface area contributed by atoms with Crippen molar-refractivity contribution in [2.75, 3.05) is 29.9 Å². The second-order valence-corrected chi connectivity index (χ2v) is 7.28. The van der Waals surface area contributed by atoms with E-state index in [1.165, 1.54) is 5.56 Å². The van der Waals surface area contributed by atoms with Crippen LogP contribution < -0.4 is 10.2 Å². The van der Waals surface area contributed by atoms with Gasteiger partial charge in [0.05, 0.1) is 11.1 Å². The number of carbonyl (C=O) groups is 3. The molecule has 2 heterocycles. The number of amides is 3. The van der Waals surface area contributed by atoms with Crippen LogP contribution in [0.15, 0.2) is 36.4 Å². The van der Waals surface area contributed by atoms with Gasteiger partial charge in [-0.05, 0) is 50.1 Å². The Balaban J connectivity index is 1.39. The zero-order valence-corrected chi connectivity index (χ0v) is 16.1. The molecule has 6 nitrogen and oxygen atoms in total. The molecular weight excluding hydrogens is 354 g/mol. The number of aryl methyl sites for hydroxylation is 1. The van der Waals surface area contributed by atoms with Crippen LogP contribution >= 0.6 is 0 Å². The molecule has 0 radical (unpaired) electrons. The lowest BCUT2D eigenvalue weighted by Gasteiger charge is -2.18. The zero-order chi connectivity index (χ0) is 19.8. The smallest absolute Gasteiger partial charge is 0.261 e. The maximum absolute atomic E-state index is 12.5. The van der Waals surface area contributed by atoms with Crippen LogP contribution in [0, 0.1) is 6.92 Å². The van der Waals surface area contributed by atoms with Crippen molar-refractivity contribution in [1.82, 2.24) is 4.90 Å². The number of likely N-dealkylation sites (N-methyl/N-ethyl adjacent to an activating group) is 1. The van der Waals surface area contributed by atoms with Gasteiger partial charge >= 0.3 is 0 Å². The Bertz CT molecular complexity index is 983. The predicted octanol–water partition coefficient (Wildman–Crippen LogP) is 3.00. The van der Waals surface area contributed by atoms with Gasteiger partial charge in [-0.1, -0.05) is 17.7 Å². The summed E-state index contributed by atoms with van der Waals surface area (Å²) in [6.07, 6.45) is 1.09. The number of imide groups is 1. The molecule has 0 unspecified atom stereocenters. The van der Waals surface area contributed by atoms with Gasteiger partial charge in [-0.3, -0.25) is 19.3 Å². The van der Waals surface area contributed by atoms with Crippen molar-refractivity contribution in [3.8, 4) is 0 Å². The number of hydrogen-bond acceptors (Lipinski definition) is 4. The first kappa shape index (κ1) is 18.2. The number of carbonyl (C=O) groups excluding carboxylic acids is 3. The molecule has 0 saturated carbocycles. The minimum absolute atomic E-state index is 0.0685. The van der Waals surface area contributed by atoms with Crippen LogP contribution in [0.3, 0.4) is 0 Å². The molecule has 144 valence electrons. The molecule has 0 fully saturated rings. The lowest BCUT2D eigenvalue weighted by atomic mass is 10.1. The van der Waals surface area contributed by atoms with Gasteiger partial charge in [0.1, 0.15) is 0 Å². The quantitative estimate of drug-likeness (QED) is 0.814. The summed E-state index contributed by atoms with van der Waals surface area (Å²) in [4.78, 5) is 40.8. The van der Waals surface area contributed by atoms with Crippen molar-refractivity contribution < 1.29 is 14.4 Å². The number of anilines is 2. The van der Waals surface area contributed by atoms with E-state index in [1.54, 1.807) is 12.1 Å². The molecule has 28 heavy (non-hydrogen) atoms. The summed E-state index contributed by atoms with van der Waals surface area (Å²) in [5.74, 6) is -0.870. The van der Waals surface area contributed by atoms with E-state index in [2.05, 4.69) is 17.1 Å². The maximum atomic E-state index is 12.5. The predicted molar refractivity (Wildman–Crippen MR) is 108 cm³/mol. The van der Waals surface area contributed by atoms with Crippen LogP contribution in [0.25, 0.3) is 0 Å². The highest BCUT2D eigenvalue weighted by Gasteiger charge is 2.35. The maximum Gasteiger partial charge on any atom is 0.261 e. The monoisotopic (exact) mass is 377 g/mol. The largest absolute Gasteiger partial charge is 0.371 e. The summed E-state index contributed by atoms with van der Waals surface area (Å²) >= 11 is 0. The fraction of sp³-hybridized carbons (Fsp3) is 0.318. The topological polar surface area (TPSA) is 69.7 Å². The van der Waals surface area contributed by atoms with Gasteiger partial charge in [-0.15, -0.1) is 0 Å². The van der Waals surface area contributed by atoms with Gasteiger partial charge < -0.3 is 10.2 Å². The normalized spacial score (nSPS) is 15.1. The Labute approximate surface area is 164 Å². The Hall–Kier alpha value is -3.15. The first-order chi connectivity index (χ1) is 13.5. The highest BCUT2D eigenvalue weighted by molar-refractivity contribution is 6.21. The second kappa shape index (κ2) is 7.11. The molecule has 2 aliphatic heterocycles. The summed E-state index contributed by atoms with van der Waals surface area (Å²) in [7, 11) is 0. The second-order valence-electron chi connectivity index (χ2n) is 7.28. The average molecular weight is 377 g/mol. The molecule has 1 N–H and O–H groups in total. The molecular formula is C22H23N3O3. The summed E-state index contributed by atoms with van der Waals surface area (Å²) in [6, 6.07) is 11.2. The number of nitrogens with one attached hydrogen (secondary N) is 1. The minimum atomic E-state index is -0.330. The van der Waals surface area contributed by atoms with E-state index in [0.717, 1.165) is 41.3 Å². The lowest BCUT2D eigenvalue weighted by Crippen LogP contribution is -2.32. The van der Waals surface area contributed by atoms with E-state index in [4.69, 9.17) is 0 Å². The Morgan fingerprint density at radius 2 is 1.86 bits per heavy atom. The summed E-state index contributed by atoms with van der Waals surface area (Å²) in [6.45, 7) is 6.00. The first-order valence-corrected chi connectivity index (χ1v) is 9.62. The van der Waals surface area contributed by atoms with Gasteiger partial charge in [-0.25, -0.2) is 0 Å². The molecule has 0 atom stereocenters. The van der Waals surface area contributed by atoms with Crippen molar-refractivity contribution in [3.63, 3.8) is 0 Å². The van der Waals surface area contributed by atoms with Crippen LogP contribution in [-0.4, -0.2) is 42.3 Å². The summed E-state index contributed by atoms with van der Waals surface area (Å²) in [5.41, 5.74) is 4.95. The lowest BCUT2D eigenvalue weighted by molar-refractivity contribution is -0.116. The van der Waals surface area contributed by atoms with Crippen molar-refractivity contribution in [3.05, 3.63) is 58.7 Å². The highest BCUT2D eigenvalue weighted by atomic mass is 16.2. The van der Waals surface area contributed by atoms with Gasteiger partial charge in [0.15, 0.2) is 0 Å². The van der Waals surface area contributed by atoms with Gasteiger partial charge in [0.2, 0.25) is 5.91 Å². The van der Waals surface area contributed by atoms with Crippen LogP contribution in [0.4, 0.5) is 11.4 Å². The van der Waals surface area contributed by atoms with E-state index in [-0.39, 0.29) is 30.7 Å². The van der Waals surface area contributed by atoms with Crippen molar-refractivity contribution in [2.24, 2.45) is 0 Å². The Morgan fingerprint density at radius 3 is 2.64 bits per heavy atom. The summed E-state index contributed by atoms with van der Waals surface area (Å²) in [5, 5.41) is 2.89. The molecule has 6 heteroatoms. The number of benzene rings is 2. The van der Waals surface area contributed by atoms with E-state index in [1.807, 2.05) is 31.2 Å². The fourth-order valence-corrected chi connectivity index (χ4v) is 3.90. The van der Waals surface area contributed by atoms with E-state index >= 15 is 0 Å². The third-order valence-electron chi connectivity index (χ3n) is 5.43.